The summed E-state index contributed by atoms with van der Waals surface area (Å²) in [6.07, 6.45) is 0. The number of hydrogen-bond acceptors (Lipinski definition) is 7. The molecular formula is C22H22N4O2S2. The minimum Gasteiger partial charge on any atom is -0.411 e. The van der Waals surface area contributed by atoms with Gasteiger partial charge in [0, 0.05) is 16.4 Å². The molecule has 4 rings (SSSR count). The lowest BCUT2D eigenvalue weighted by atomic mass is 9.98. The van der Waals surface area contributed by atoms with E-state index in [2.05, 4.69) is 47.3 Å². The van der Waals surface area contributed by atoms with E-state index in [0.717, 1.165) is 27.0 Å². The maximum absolute atomic E-state index is 12.2. The molecule has 0 aliphatic heterocycles. The highest BCUT2D eigenvalue weighted by Crippen LogP contribution is 2.27. The van der Waals surface area contributed by atoms with Crippen molar-refractivity contribution in [2.75, 3.05) is 5.75 Å². The number of hydrogen-bond donors (Lipinski definition) is 1. The van der Waals surface area contributed by atoms with Gasteiger partial charge in [-0.1, -0.05) is 62.9 Å². The zero-order chi connectivity index (χ0) is 21.1. The summed E-state index contributed by atoms with van der Waals surface area (Å²) in [4.78, 5) is 16.8. The molecule has 6 nitrogen and oxygen atoms in total. The second-order valence-corrected chi connectivity index (χ2v) is 9.68. The van der Waals surface area contributed by atoms with Crippen molar-refractivity contribution in [3.8, 4) is 11.5 Å². The maximum Gasteiger partial charge on any atom is 0.277 e. The summed E-state index contributed by atoms with van der Waals surface area (Å²) in [6, 6.07) is 14.1. The van der Waals surface area contributed by atoms with Crippen LogP contribution in [0.5, 0.6) is 0 Å². The van der Waals surface area contributed by atoms with Crippen LogP contribution in [0.25, 0.3) is 22.2 Å². The number of aromatic nitrogens is 3. The van der Waals surface area contributed by atoms with Gasteiger partial charge in [-0.2, -0.15) is 0 Å². The number of benzene rings is 2. The number of thioether (sulfide) groups is 1. The Balaban J connectivity index is 1.31. The predicted octanol–water partition coefficient (Wildman–Crippen LogP) is 5.05. The van der Waals surface area contributed by atoms with Crippen LogP contribution in [0.15, 0.2) is 57.5 Å². The fourth-order valence-corrected chi connectivity index (χ4v) is 4.31. The fraction of sp³-hybridized carbons (Fsp3) is 0.273. The smallest absolute Gasteiger partial charge is 0.277 e. The van der Waals surface area contributed by atoms with Crippen LogP contribution in [0.4, 0.5) is 0 Å². The standard InChI is InChI=1S/C22H22N4O2S2/c1-22(2,3)20-24-17(12-29-20)11-23-18(27)13-30-21-26-25-19(28-21)16-9-8-14-6-4-5-7-15(14)10-16/h4-10,12H,11,13H2,1-3H3,(H,23,27). The van der Waals surface area contributed by atoms with E-state index in [1.807, 2.05) is 41.8 Å². The van der Waals surface area contributed by atoms with E-state index in [4.69, 9.17) is 4.42 Å². The fourth-order valence-electron chi connectivity index (χ4n) is 2.81. The number of amides is 1. The molecule has 0 bridgehead atoms. The van der Waals surface area contributed by atoms with Gasteiger partial charge in [-0.15, -0.1) is 21.5 Å². The molecule has 0 spiro atoms. The van der Waals surface area contributed by atoms with Gasteiger partial charge < -0.3 is 9.73 Å². The first-order valence-corrected chi connectivity index (χ1v) is 11.4. The van der Waals surface area contributed by atoms with E-state index in [9.17, 15) is 4.79 Å². The lowest BCUT2D eigenvalue weighted by molar-refractivity contribution is -0.118. The molecule has 0 aliphatic rings. The quantitative estimate of drug-likeness (QED) is 0.424. The van der Waals surface area contributed by atoms with E-state index in [1.165, 1.54) is 11.8 Å². The minimum absolute atomic E-state index is 0.0173. The minimum atomic E-state index is -0.101. The molecule has 1 N–H and O–H groups in total. The van der Waals surface area contributed by atoms with Crippen LogP contribution >= 0.6 is 23.1 Å². The Morgan fingerprint density at radius 3 is 2.70 bits per heavy atom. The third kappa shape index (κ3) is 4.88. The molecule has 0 unspecified atom stereocenters. The van der Waals surface area contributed by atoms with Gasteiger partial charge in [-0.05, 0) is 22.9 Å². The van der Waals surface area contributed by atoms with Crippen LogP contribution in [0.1, 0.15) is 31.5 Å². The van der Waals surface area contributed by atoms with E-state index >= 15 is 0 Å². The zero-order valence-corrected chi connectivity index (χ0v) is 18.6. The van der Waals surface area contributed by atoms with Gasteiger partial charge in [0.05, 0.1) is 23.0 Å². The molecule has 0 atom stereocenters. The Hall–Kier alpha value is -2.71. The highest BCUT2D eigenvalue weighted by Gasteiger charge is 2.18. The largest absolute Gasteiger partial charge is 0.411 e. The zero-order valence-electron chi connectivity index (χ0n) is 17.0. The Labute approximate surface area is 183 Å². The van der Waals surface area contributed by atoms with E-state index in [1.54, 1.807) is 11.3 Å². The average molecular weight is 439 g/mol. The summed E-state index contributed by atoms with van der Waals surface area (Å²) in [5.41, 5.74) is 1.75. The highest BCUT2D eigenvalue weighted by atomic mass is 32.2. The number of fused-ring (bicyclic) bond motifs is 1. The molecule has 4 aromatic rings. The lowest BCUT2D eigenvalue weighted by Crippen LogP contribution is -2.24. The molecule has 8 heteroatoms. The summed E-state index contributed by atoms with van der Waals surface area (Å²) in [5, 5.41) is 16.7. The lowest BCUT2D eigenvalue weighted by Gasteiger charge is -2.13. The van der Waals surface area contributed by atoms with Crippen LogP contribution in [0, 0.1) is 0 Å². The van der Waals surface area contributed by atoms with Crippen LogP contribution in [-0.2, 0) is 16.8 Å². The molecule has 0 saturated heterocycles. The second kappa shape index (κ2) is 8.57. The molecule has 154 valence electrons. The third-order valence-electron chi connectivity index (χ3n) is 4.39. The average Bonchev–Trinajstić information content (AvgIpc) is 3.40. The first kappa shape index (κ1) is 20.6. The van der Waals surface area contributed by atoms with Crippen LogP contribution in [0.3, 0.4) is 0 Å². The van der Waals surface area contributed by atoms with Crippen molar-refractivity contribution in [1.29, 1.82) is 0 Å². The summed E-state index contributed by atoms with van der Waals surface area (Å²) >= 11 is 2.84. The summed E-state index contributed by atoms with van der Waals surface area (Å²) in [6.45, 7) is 6.79. The van der Waals surface area contributed by atoms with Crippen molar-refractivity contribution < 1.29 is 9.21 Å². The number of rotatable bonds is 6. The van der Waals surface area contributed by atoms with Gasteiger partial charge in [-0.25, -0.2) is 4.98 Å². The Morgan fingerprint density at radius 1 is 1.13 bits per heavy atom. The van der Waals surface area contributed by atoms with E-state index in [-0.39, 0.29) is 17.1 Å². The van der Waals surface area contributed by atoms with Gasteiger partial charge in [0.1, 0.15) is 0 Å². The SMILES string of the molecule is CC(C)(C)c1nc(CNC(=O)CSc2nnc(-c3ccc4ccccc4c3)o2)cs1. The van der Waals surface area contributed by atoms with Crippen molar-refractivity contribution in [1.82, 2.24) is 20.5 Å². The van der Waals surface area contributed by atoms with Crippen molar-refractivity contribution in [3.63, 3.8) is 0 Å². The normalized spacial score (nSPS) is 11.7. The highest BCUT2D eigenvalue weighted by molar-refractivity contribution is 7.99. The van der Waals surface area contributed by atoms with Crippen LogP contribution < -0.4 is 5.32 Å². The number of thiazole rings is 1. The summed E-state index contributed by atoms with van der Waals surface area (Å²) in [7, 11) is 0. The first-order chi connectivity index (χ1) is 14.4. The number of carbonyl (C=O) groups excluding carboxylic acids is 1. The van der Waals surface area contributed by atoms with Crippen molar-refractivity contribution in [3.05, 3.63) is 58.5 Å². The predicted molar refractivity (Wildman–Crippen MR) is 121 cm³/mol. The molecule has 1 amide bonds. The Morgan fingerprint density at radius 2 is 1.93 bits per heavy atom. The molecule has 2 aromatic heterocycles. The van der Waals surface area contributed by atoms with Crippen LogP contribution in [0.2, 0.25) is 0 Å². The molecule has 0 aliphatic carbocycles. The van der Waals surface area contributed by atoms with Crippen LogP contribution in [-0.4, -0.2) is 26.8 Å². The van der Waals surface area contributed by atoms with Crippen molar-refractivity contribution >= 4 is 39.8 Å². The third-order valence-corrected chi connectivity index (χ3v) is 6.52. The topological polar surface area (TPSA) is 80.9 Å². The maximum atomic E-state index is 12.2. The van der Waals surface area contributed by atoms with Gasteiger partial charge in [-0.3, -0.25) is 4.79 Å². The first-order valence-electron chi connectivity index (χ1n) is 9.55. The molecule has 2 heterocycles. The molecular weight excluding hydrogens is 416 g/mol. The number of nitrogens with one attached hydrogen (secondary N) is 1. The number of nitrogens with zero attached hydrogens (tertiary/aromatic N) is 3. The molecule has 0 radical (unpaired) electrons. The molecule has 30 heavy (non-hydrogen) atoms. The summed E-state index contributed by atoms with van der Waals surface area (Å²) in [5.74, 6) is 0.548. The second-order valence-electron chi connectivity index (χ2n) is 7.89. The van der Waals surface area contributed by atoms with E-state index in [0.29, 0.717) is 17.7 Å². The van der Waals surface area contributed by atoms with Gasteiger partial charge >= 0.3 is 0 Å². The molecule has 0 fully saturated rings. The Kier molecular flexibility index (Phi) is 5.87. The Bertz CT molecular complexity index is 1180. The van der Waals surface area contributed by atoms with Gasteiger partial charge in [0.2, 0.25) is 11.8 Å². The summed E-state index contributed by atoms with van der Waals surface area (Å²) < 4.78 is 5.72. The van der Waals surface area contributed by atoms with E-state index < -0.39 is 0 Å². The van der Waals surface area contributed by atoms with Gasteiger partial charge in [0.25, 0.3) is 5.22 Å². The molecule has 0 saturated carbocycles. The molecule has 2 aromatic carbocycles. The van der Waals surface area contributed by atoms with Gasteiger partial charge in [0.15, 0.2) is 0 Å². The van der Waals surface area contributed by atoms with Crippen molar-refractivity contribution in [2.45, 2.75) is 38.0 Å². The monoisotopic (exact) mass is 438 g/mol. The van der Waals surface area contributed by atoms with Crippen molar-refractivity contribution in [2.24, 2.45) is 0 Å². The number of carbonyl (C=O) groups is 1.